The van der Waals surface area contributed by atoms with Crippen LogP contribution >= 0.6 is 0 Å². The molecule has 1 saturated carbocycles. The first kappa shape index (κ1) is 16.7. The highest BCUT2D eigenvalue weighted by atomic mass is 19.1. The fourth-order valence-electron chi connectivity index (χ4n) is 3.53. The lowest BCUT2D eigenvalue weighted by Crippen LogP contribution is -2.49. The Kier molecular flexibility index (Phi) is 4.40. The normalized spacial score (nSPS) is 18.9. The number of carbonyl (C=O) groups excluding carboxylic acids is 2. The Bertz CT molecular complexity index is 845. The minimum Gasteiger partial charge on any atom is -0.334 e. The maximum absolute atomic E-state index is 14.3. The van der Waals surface area contributed by atoms with Gasteiger partial charge in [0.25, 0.3) is 5.89 Å². The molecule has 7 nitrogen and oxygen atoms in total. The second-order valence-electron chi connectivity index (χ2n) is 6.71. The van der Waals surface area contributed by atoms with E-state index in [9.17, 15) is 14.0 Å². The van der Waals surface area contributed by atoms with Crippen molar-refractivity contribution < 1.29 is 18.5 Å². The minimum absolute atomic E-state index is 0.0879. The van der Waals surface area contributed by atoms with Gasteiger partial charge in [0.15, 0.2) is 5.82 Å². The van der Waals surface area contributed by atoms with Crippen LogP contribution in [-0.2, 0) is 4.79 Å². The molecular formula is C18H19FN4O3. The van der Waals surface area contributed by atoms with Crippen molar-refractivity contribution in [3.63, 3.8) is 0 Å². The minimum atomic E-state index is -0.634. The van der Waals surface area contributed by atoms with Crippen LogP contribution in [-0.4, -0.2) is 28.6 Å². The summed E-state index contributed by atoms with van der Waals surface area (Å²) in [7, 11) is 0. The molecule has 1 aromatic heterocycles. The summed E-state index contributed by atoms with van der Waals surface area (Å²) in [5, 5.41) is 6.28. The summed E-state index contributed by atoms with van der Waals surface area (Å²) < 4.78 is 19.6. The molecule has 4 rings (SSSR count). The van der Waals surface area contributed by atoms with Crippen molar-refractivity contribution in [1.82, 2.24) is 15.5 Å². The van der Waals surface area contributed by atoms with Gasteiger partial charge in [-0.2, -0.15) is 4.98 Å². The van der Waals surface area contributed by atoms with Crippen molar-refractivity contribution in [2.45, 2.75) is 44.4 Å². The van der Waals surface area contributed by atoms with E-state index in [1.807, 2.05) is 0 Å². The van der Waals surface area contributed by atoms with Crippen LogP contribution in [0.25, 0.3) is 11.5 Å². The molecule has 1 aromatic carbocycles. The first-order valence-electron chi connectivity index (χ1n) is 8.86. The Morgan fingerprint density at radius 1 is 1.19 bits per heavy atom. The molecule has 0 spiro atoms. The van der Waals surface area contributed by atoms with Crippen molar-refractivity contribution >= 4 is 17.6 Å². The van der Waals surface area contributed by atoms with Crippen molar-refractivity contribution in [2.75, 3.05) is 11.4 Å². The molecule has 1 aliphatic carbocycles. The van der Waals surface area contributed by atoms with Crippen LogP contribution in [0.1, 0.15) is 50.3 Å². The van der Waals surface area contributed by atoms with Crippen molar-refractivity contribution in [3.8, 4) is 11.5 Å². The number of aromatic nitrogens is 2. The Morgan fingerprint density at radius 2 is 2.00 bits per heavy atom. The van der Waals surface area contributed by atoms with Crippen LogP contribution in [0.2, 0.25) is 0 Å². The number of nitrogens with one attached hydrogen (secondary N) is 1. The number of rotatable bonds is 3. The van der Waals surface area contributed by atoms with Gasteiger partial charge in [0.2, 0.25) is 5.91 Å². The molecule has 2 aliphatic rings. The Labute approximate surface area is 149 Å². The predicted octanol–water partition coefficient (Wildman–Crippen LogP) is 3.37. The van der Waals surface area contributed by atoms with E-state index in [0.717, 1.165) is 25.7 Å². The van der Waals surface area contributed by atoms with E-state index in [-0.39, 0.29) is 24.6 Å². The molecule has 26 heavy (non-hydrogen) atoms. The zero-order valence-corrected chi connectivity index (χ0v) is 14.2. The fraction of sp³-hybridized carbons (Fsp3) is 0.444. The Morgan fingerprint density at radius 3 is 2.77 bits per heavy atom. The third-order valence-corrected chi connectivity index (χ3v) is 4.95. The molecule has 2 heterocycles. The number of halogens is 1. The standard InChI is InChI=1S/C18H19FN4O3/c19-13-7-6-12(10-14(13)23-9-8-15(24)20-18(23)25)17-21-16(22-26-17)11-4-2-1-3-5-11/h6-7,10-11H,1-5,8-9H2,(H,20,24,25). The Hall–Kier alpha value is -2.77. The third-order valence-electron chi connectivity index (χ3n) is 4.95. The fourth-order valence-corrected chi connectivity index (χ4v) is 3.53. The summed E-state index contributed by atoms with van der Waals surface area (Å²) in [5.74, 6) is 0.384. The van der Waals surface area contributed by atoms with Gasteiger partial charge in [-0.25, -0.2) is 9.18 Å². The van der Waals surface area contributed by atoms with Crippen LogP contribution in [0.15, 0.2) is 22.7 Å². The van der Waals surface area contributed by atoms with Crippen LogP contribution in [0.3, 0.4) is 0 Å². The molecule has 1 saturated heterocycles. The first-order valence-corrected chi connectivity index (χ1v) is 8.86. The van der Waals surface area contributed by atoms with Gasteiger partial charge in [0, 0.05) is 24.4 Å². The second kappa shape index (κ2) is 6.86. The van der Waals surface area contributed by atoms with E-state index in [2.05, 4.69) is 15.5 Å². The number of benzene rings is 1. The largest absolute Gasteiger partial charge is 0.334 e. The van der Waals surface area contributed by atoms with Gasteiger partial charge in [0.05, 0.1) is 5.69 Å². The topological polar surface area (TPSA) is 88.3 Å². The van der Waals surface area contributed by atoms with Crippen LogP contribution in [0.5, 0.6) is 0 Å². The van der Waals surface area contributed by atoms with Crippen molar-refractivity contribution in [2.24, 2.45) is 0 Å². The van der Waals surface area contributed by atoms with E-state index < -0.39 is 11.8 Å². The van der Waals surface area contributed by atoms with Gasteiger partial charge in [-0.1, -0.05) is 24.4 Å². The van der Waals surface area contributed by atoms with Crippen molar-refractivity contribution in [3.05, 3.63) is 29.8 Å². The van der Waals surface area contributed by atoms with Crippen LogP contribution in [0.4, 0.5) is 14.9 Å². The summed E-state index contributed by atoms with van der Waals surface area (Å²) in [6, 6.07) is 3.68. The number of nitrogens with zero attached hydrogens (tertiary/aromatic N) is 3. The predicted molar refractivity (Wildman–Crippen MR) is 91.0 cm³/mol. The van der Waals surface area contributed by atoms with E-state index in [1.165, 1.54) is 23.5 Å². The van der Waals surface area contributed by atoms with E-state index >= 15 is 0 Å². The molecule has 0 bridgehead atoms. The number of hydrogen-bond acceptors (Lipinski definition) is 5. The quantitative estimate of drug-likeness (QED) is 0.909. The number of imide groups is 1. The number of hydrogen-bond donors (Lipinski definition) is 1. The molecule has 2 aromatic rings. The summed E-state index contributed by atoms with van der Waals surface area (Å²) in [4.78, 5) is 29.0. The molecule has 8 heteroatoms. The highest BCUT2D eigenvalue weighted by molar-refractivity contribution is 6.05. The summed E-state index contributed by atoms with van der Waals surface area (Å²) in [5.41, 5.74) is 0.630. The highest BCUT2D eigenvalue weighted by Gasteiger charge is 2.27. The van der Waals surface area contributed by atoms with Gasteiger partial charge in [-0.3, -0.25) is 15.0 Å². The number of urea groups is 1. The Balaban J connectivity index is 1.61. The summed E-state index contributed by atoms with van der Waals surface area (Å²) in [6.07, 6.45) is 5.80. The van der Waals surface area contributed by atoms with Gasteiger partial charge < -0.3 is 4.52 Å². The zero-order chi connectivity index (χ0) is 18.1. The van der Waals surface area contributed by atoms with Gasteiger partial charge in [0.1, 0.15) is 5.82 Å². The lowest BCUT2D eigenvalue weighted by Gasteiger charge is -2.27. The first-order chi connectivity index (χ1) is 12.6. The average molecular weight is 358 g/mol. The van der Waals surface area contributed by atoms with Gasteiger partial charge in [-0.15, -0.1) is 0 Å². The van der Waals surface area contributed by atoms with E-state index in [0.29, 0.717) is 23.2 Å². The SMILES string of the molecule is O=C1CCN(c2cc(-c3nc(C4CCCCC4)no3)ccc2F)C(=O)N1. The molecular weight excluding hydrogens is 339 g/mol. The highest BCUT2D eigenvalue weighted by Crippen LogP contribution is 2.33. The lowest BCUT2D eigenvalue weighted by atomic mass is 9.89. The summed E-state index contributed by atoms with van der Waals surface area (Å²) >= 11 is 0. The van der Waals surface area contributed by atoms with Crippen molar-refractivity contribution in [1.29, 1.82) is 0 Å². The molecule has 1 N–H and O–H groups in total. The van der Waals surface area contributed by atoms with E-state index in [4.69, 9.17) is 4.52 Å². The van der Waals surface area contributed by atoms with Gasteiger partial charge >= 0.3 is 6.03 Å². The average Bonchev–Trinajstić information content (AvgIpc) is 3.14. The maximum atomic E-state index is 14.3. The maximum Gasteiger partial charge on any atom is 0.328 e. The molecule has 3 amide bonds. The zero-order valence-electron chi connectivity index (χ0n) is 14.2. The van der Waals surface area contributed by atoms with Crippen LogP contribution in [0, 0.1) is 5.82 Å². The smallest absolute Gasteiger partial charge is 0.328 e. The molecule has 136 valence electrons. The molecule has 2 fully saturated rings. The second-order valence-corrected chi connectivity index (χ2v) is 6.71. The molecule has 0 atom stereocenters. The summed E-state index contributed by atoms with van der Waals surface area (Å²) in [6.45, 7) is 0.127. The monoisotopic (exact) mass is 358 g/mol. The molecule has 0 unspecified atom stereocenters. The lowest BCUT2D eigenvalue weighted by molar-refractivity contribution is -0.120. The number of amides is 3. The third kappa shape index (κ3) is 3.18. The molecule has 1 aliphatic heterocycles. The number of anilines is 1. The van der Waals surface area contributed by atoms with Crippen LogP contribution < -0.4 is 10.2 Å². The van der Waals surface area contributed by atoms with E-state index in [1.54, 1.807) is 6.07 Å². The number of carbonyl (C=O) groups is 2. The van der Waals surface area contributed by atoms with Gasteiger partial charge in [-0.05, 0) is 31.0 Å². The molecule has 0 radical (unpaired) electrons.